The zero-order valence-electron chi connectivity index (χ0n) is 18.6. The van der Waals surface area contributed by atoms with Crippen LogP contribution in [0.1, 0.15) is 10.4 Å². The van der Waals surface area contributed by atoms with Crippen LogP contribution in [0.15, 0.2) is 88.1 Å². The Labute approximate surface area is 199 Å². The smallest absolute Gasteiger partial charge is 0.338 e. The summed E-state index contributed by atoms with van der Waals surface area (Å²) in [6.45, 7) is -0.441. The van der Waals surface area contributed by atoms with Crippen LogP contribution >= 0.6 is 0 Å². The lowest BCUT2D eigenvalue weighted by Gasteiger charge is -2.09. The fourth-order valence-corrected chi connectivity index (χ4v) is 3.44. The summed E-state index contributed by atoms with van der Waals surface area (Å²) in [7, 11) is 1.56. The minimum absolute atomic E-state index is 0.236. The minimum Gasteiger partial charge on any atom is -0.497 e. The summed E-state index contributed by atoms with van der Waals surface area (Å²) in [5.41, 5.74) is 2.81. The molecule has 0 fully saturated rings. The second-order valence-corrected chi connectivity index (χ2v) is 7.43. The predicted octanol–water partition coefficient (Wildman–Crippen LogP) is 4.95. The zero-order chi connectivity index (χ0) is 24.2. The lowest BCUT2D eigenvalue weighted by molar-refractivity contribution is -0.119. The van der Waals surface area contributed by atoms with Crippen molar-refractivity contribution in [3.8, 4) is 28.7 Å². The predicted molar refractivity (Wildman–Crippen MR) is 127 cm³/mol. The molecule has 0 unspecified atom stereocenters. The molecule has 174 valence electrons. The highest BCUT2D eigenvalue weighted by Gasteiger charge is 2.18. The molecular formula is C26H19N3O6. The van der Waals surface area contributed by atoms with Crippen LogP contribution in [0.3, 0.4) is 0 Å². The van der Waals surface area contributed by atoms with Crippen LogP contribution in [-0.2, 0) is 9.53 Å². The largest absolute Gasteiger partial charge is 0.497 e. The molecule has 0 radical (unpaired) electrons. The van der Waals surface area contributed by atoms with E-state index in [1.54, 1.807) is 80.1 Å². The Morgan fingerprint density at radius 2 is 1.51 bits per heavy atom. The molecule has 9 heteroatoms. The summed E-state index contributed by atoms with van der Waals surface area (Å²) in [6, 6.07) is 18.7. The number of amides is 1. The summed E-state index contributed by atoms with van der Waals surface area (Å²) in [5.74, 6) is 0.590. The lowest BCUT2D eigenvalue weighted by Crippen LogP contribution is -2.20. The van der Waals surface area contributed by atoms with Crippen LogP contribution in [0.2, 0.25) is 0 Å². The van der Waals surface area contributed by atoms with E-state index < -0.39 is 18.5 Å². The zero-order valence-corrected chi connectivity index (χ0v) is 18.6. The van der Waals surface area contributed by atoms with Crippen molar-refractivity contribution in [3.05, 3.63) is 84.8 Å². The molecule has 0 aliphatic carbocycles. The number of benzene rings is 2. The Hall–Kier alpha value is -4.92. The van der Waals surface area contributed by atoms with Gasteiger partial charge in [-0.1, -0.05) is 0 Å². The Bertz CT molecular complexity index is 1480. The highest BCUT2D eigenvalue weighted by molar-refractivity contribution is 5.97. The average Bonchev–Trinajstić information content (AvgIpc) is 3.61. The molecule has 0 aliphatic rings. The van der Waals surface area contributed by atoms with Gasteiger partial charge < -0.3 is 23.6 Å². The van der Waals surface area contributed by atoms with Gasteiger partial charge in [0.1, 0.15) is 17.1 Å². The monoisotopic (exact) mass is 469 g/mol. The molecule has 0 spiro atoms. The van der Waals surface area contributed by atoms with Gasteiger partial charge in [-0.05, 0) is 66.7 Å². The van der Waals surface area contributed by atoms with E-state index >= 15 is 0 Å². The van der Waals surface area contributed by atoms with Crippen molar-refractivity contribution in [2.24, 2.45) is 0 Å². The number of furan rings is 2. The van der Waals surface area contributed by atoms with E-state index in [4.69, 9.17) is 18.3 Å². The first-order chi connectivity index (χ1) is 17.1. The molecule has 0 bridgehead atoms. The van der Waals surface area contributed by atoms with E-state index in [1.165, 1.54) is 6.26 Å². The first-order valence-corrected chi connectivity index (χ1v) is 10.6. The number of hydrogen-bond acceptors (Lipinski definition) is 8. The minimum atomic E-state index is -0.659. The number of nitrogens with one attached hydrogen (secondary N) is 1. The first-order valence-electron chi connectivity index (χ1n) is 10.6. The third-order valence-electron chi connectivity index (χ3n) is 5.12. The molecule has 0 atom stereocenters. The van der Waals surface area contributed by atoms with Gasteiger partial charge in [-0.25, -0.2) is 14.8 Å². The molecule has 1 amide bonds. The van der Waals surface area contributed by atoms with Crippen molar-refractivity contribution in [1.29, 1.82) is 0 Å². The number of esters is 1. The van der Waals surface area contributed by atoms with E-state index in [2.05, 4.69) is 15.3 Å². The molecule has 3 heterocycles. The number of nitrogens with zero attached hydrogens (tertiary/aromatic N) is 2. The summed E-state index contributed by atoms with van der Waals surface area (Å²) >= 11 is 0. The lowest BCUT2D eigenvalue weighted by atomic mass is 10.1. The number of hydrogen-bond donors (Lipinski definition) is 1. The van der Waals surface area contributed by atoms with Crippen LogP contribution in [0.25, 0.3) is 33.9 Å². The quantitative estimate of drug-likeness (QED) is 0.333. The van der Waals surface area contributed by atoms with E-state index in [0.717, 1.165) is 0 Å². The number of carbonyl (C=O) groups excluding carboxylic acids is 2. The van der Waals surface area contributed by atoms with Gasteiger partial charge in [0, 0.05) is 5.69 Å². The summed E-state index contributed by atoms with van der Waals surface area (Å²) in [4.78, 5) is 34.1. The van der Waals surface area contributed by atoms with Crippen LogP contribution < -0.4 is 10.1 Å². The number of aromatic nitrogens is 2. The number of ether oxygens (including phenoxy) is 2. The Balaban J connectivity index is 1.34. The molecular weight excluding hydrogens is 450 g/mol. The van der Waals surface area contributed by atoms with Gasteiger partial charge in [0.05, 0.1) is 36.2 Å². The van der Waals surface area contributed by atoms with Crippen molar-refractivity contribution in [3.63, 3.8) is 0 Å². The number of carbonyl (C=O) groups is 2. The molecule has 5 aromatic rings. The third-order valence-corrected chi connectivity index (χ3v) is 5.12. The number of anilines is 1. The van der Waals surface area contributed by atoms with E-state index in [9.17, 15) is 9.59 Å². The molecule has 5 rings (SSSR count). The van der Waals surface area contributed by atoms with E-state index in [1.807, 2.05) is 0 Å². The van der Waals surface area contributed by atoms with Gasteiger partial charge in [0.15, 0.2) is 18.1 Å². The molecule has 0 aliphatic heterocycles. The first kappa shape index (κ1) is 21.9. The molecule has 0 saturated carbocycles. The summed E-state index contributed by atoms with van der Waals surface area (Å²) in [5, 5.41) is 2.66. The highest BCUT2D eigenvalue weighted by atomic mass is 16.5. The van der Waals surface area contributed by atoms with Crippen LogP contribution in [-0.4, -0.2) is 35.6 Å². The van der Waals surface area contributed by atoms with Gasteiger partial charge >= 0.3 is 5.97 Å². The standard InChI is InChI=1S/C26H19N3O6/c1-32-18-9-7-17(8-10-18)27-23(30)15-35-26(31)16-6-11-19-20(14-16)29-25(22-5-3-13-34-22)24(28-19)21-4-2-12-33-21/h2-14H,15H2,1H3,(H,27,30). The molecule has 1 N–H and O–H groups in total. The second kappa shape index (κ2) is 9.52. The van der Waals surface area contributed by atoms with E-state index in [0.29, 0.717) is 45.4 Å². The maximum Gasteiger partial charge on any atom is 0.338 e. The number of rotatable bonds is 7. The van der Waals surface area contributed by atoms with Gasteiger partial charge in [0.2, 0.25) is 0 Å². The van der Waals surface area contributed by atoms with Gasteiger partial charge in [-0.2, -0.15) is 0 Å². The number of fused-ring (bicyclic) bond motifs is 1. The summed E-state index contributed by atoms with van der Waals surface area (Å²) in [6.07, 6.45) is 3.09. The fourth-order valence-electron chi connectivity index (χ4n) is 3.44. The average molecular weight is 469 g/mol. The maximum absolute atomic E-state index is 12.6. The third kappa shape index (κ3) is 4.74. The molecule has 0 saturated heterocycles. The molecule has 3 aromatic heterocycles. The second-order valence-electron chi connectivity index (χ2n) is 7.43. The number of methoxy groups -OCH3 is 1. The highest BCUT2D eigenvalue weighted by Crippen LogP contribution is 2.31. The Kier molecular flexibility index (Phi) is 5.96. The maximum atomic E-state index is 12.6. The van der Waals surface area contributed by atoms with Gasteiger partial charge in [-0.3, -0.25) is 4.79 Å². The van der Waals surface area contributed by atoms with Crippen molar-refractivity contribution in [2.45, 2.75) is 0 Å². The van der Waals surface area contributed by atoms with Crippen LogP contribution in [0.4, 0.5) is 5.69 Å². The molecule has 9 nitrogen and oxygen atoms in total. The SMILES string of the molecule is COc1ccc(NC(=O)COC(=O)c2ccc3nc(-c4ccco4)c(-c4ccco4)nc3c2)cc1. The normalized spacial score (nSPS) is 10.8. The Morgan fingerprint density at radius 3 is 2.11 bits per heavy atom. The van der Waals surface area contributed by atoms with E-state index in [-0.39, 0.29) is 5.56 Å². The van der Waals surface area contributed by atoms with Crippen molar-refractivity contribution in [1.82, 2.24) is 9.97 Å². The fraction of sp³-hybridized carbons (Fsp3) is 0.0769. The molecule has 2 aromatic carbocycles. The Morgan fingerprint density at radius 1 is 0.857 bits per heavy atom. The van der Waals surface area contributed by atoms with Gasteiger partial charge in [0.25, 0.3) is 5.91 Å². The molecule has 35 heavy (non-hydrogen) atoms. The van der Waals surface area contributed by atoms with Crippen molar-refractivity contribution in [2.75, 3.05) is 19.0 Å². The van der Waals surface area contributed by atoms with Crippen molar-refractivity contribution >= 4 is 28.6 Å². The van der Waals surface area contributed by atoms with Crippen LogP contribution in [0.5, 0.6) is 5.75 Å². The summed E-state index contributed by atoms with van der Waals surface area (Å²) < 4.78 is 21.3. The topological polar surface area (TPSA) is 117 Å². The van der Waals surface area contributed by atoms with Gasteiger partial charge in [-0.15, -0.1) is 0 Å². The van der Waals surface area contributed by atoms with Crippen molar-refractivity contribution < 1.29 is 27.9 Å². The van der Waals surface area contributed by atoms with Crippen LogP contribution in [0, 0.1) is 0 Å².